The van der Waals surface area contributed by atoms with Gasteiger partial charge in [-0.15, -0.1) is 0 Å². The fraction of sp³-hybridized carbons (Fsp3) is 0.500. The van der Waals surface area contributed by atoms with Crippen LogP contribution in [0, 0.1) is 0 Å². The molecule has 0 bridgehead atoms. The Hall–Kier alpha value is -2.81. The first-order chi connectivity index (χ1) is 17.6. The van der Waals surface area contributed by atoms with Gasteiger partial charge in [0, 0.05) is 23.7 Å². The summed E-state index contributed by atoms with van der Waals surface area (Å²) in [4.78, 5) is 26.2. The molecule has 1 aliphatic carbocycles. The summed E-state index contributed by atoms with van der Waals surface area (Å²) in [6.45, 7) is 9.16. The number of nitrogens with one attached hydrogen (secondary N) is 1. The van der Waals surface area contributed by atoms with E-state index in [-0.39, 0.29) is 25.8 Å². The molecule has 200 valence electrons. The third-order valence-corrected chi connectivity index (χ3v) is 6.91. The Bertz CT molecular complexity index is 1160. The molecule has 1 fully saturated rings. The molecule has 37 heavy (non-hydrogen) atoms. The van der Waals surface area contributed by atoms with Crippen LogP contribution >= 0.6 is 11.6 Å². The molecule has 2 aromatic rings. The summed E-state index contributed by atoms with van der Waals surface area (Å²) in [6.07, 6.45) is -0.527. The van der Waals surface area contributed by atoms with Gasteiger partial charge in [0.1, 0.15) is 17.3 Å². The van der Waals surface area contributed by atoms with E-state index in [9.17, 15) is 9.59 Å². The smallest absolute Gasteiger partial charge is 0.410 e. The average Bonchev–Trinajstić information content (AvgIpc) is 2.87. The van der Waals surface area contributed by atoms with Crippen LogP contribution in [0.3, 0.4) is 0 Å². The highest BCUT2D eigenvalue weighted by molar-refractivity contribution is 6.33. The van der Waals surface area contributed by atoms with Crippen molar-refractivity contribution in [3.8, 4) is 11.1 Å². The summed E-state index contributed by atoms with van der Waals surface area (Å²) in [5.41, 5.74) is 3.47. The van der Waals surface area contributed by atoms with Gasteiger partial charge in [-0.1, -0.05) is 48.9 Å². The van der Waals surface area contributed by atoms with E-state index in [1.807, 2.05) is 45.0 Å². The minimum atomic E-state index is -0.878. The van der Waals surface area contributed by atoms with Crippen molar-refractivity contribution in [2.75, 3.05) is 40.0 Å². The number of nitrogens with zero attached hydrogens (tertiary/aromatic N) is 1. The monoisotopic (exact) mass is 530 g/mol. The number of benzene rings is 2. The third kappa shape index (κ3) is 5.56. The molecule has 2 aromatic carbocycles. The number of aryl methyl sites for hydroxylation is 1. The maximum absolute atomic E-state index is 13.0. The third-order valence-electron chi connectivity index (χ3n) is 6.60. The topological polar surface area (TPSA) is 86.3 Å². The van der Waals surface area contributed by atoms with Gasteiger partial charge in [-0.25, -0.2) is 9.59 Å². The van der Waals surface area contributed by atoms with Gasteiger partial charge in [0.2, 0.25) is 0 Å². The van der Waals surface area contributed by atoms with Crippen molar-refractivity contribution >= 4 is 23.8 Å². The number of halogens is 1. The normalized spacial score (nSPS) is 20.7. The largest absolute Gasteiger partial charge is 0.453 e. The van der Waals surface area contributed by atoms with Crippen LogP contribution in [0.4, 0.5) is 9.59 Å². The van der Waals surface area contributed by atoms with E-state index in [1.54, 1.807) is 4.90 Å². The minimum Gasteiger partial charge on any atom is -0.453 e. The molecule has 1 spiro atoms. The molecule has 2 atom stereocenters. The second-order valence-corrected chi connectivity index (χ2v) is 10.7. The van der Waals surface area contributed by atoms with Crippen LogP contribution in [-0.2, 0) is 31.0 Å². The van der Waals surface area contributed by atoms with E-state index in [1.165, 1.54) is 12.7 Å². The van der Waals surface area contributed by atoms with Crippen molar-refractivity contribution in [3.63, 3.8) is 0 Å². The van der Waals surface area contributed by atoms with Crippen molar-refractivity contribution in [2.45, 2.75) is 51.4 Å². The van der Waals surface area contributed by atoms with E-state index >= 15 is 0 Å². The van der Waals surface area contributed by atoms with Crippen LogP contribution in [0.5, 0.6) is 0 Å². The summed E-state index contributed by atoms with van der Waals surface area (Å²) in [5.74, 6) is 0. The van der Waals surface area contributed by atoms with Gasteiger partial charge in [-0.05, 0) is 55.5 Å². The Morgan fingerprint density at radius 3 is 2.73 bits per heavy atom. The lowest BCUT2D eigenvalue weighted by Crippen LogP contribution is -2.60. The van der Waals surface area contributed by atoms with E-state index in [2.05, 4.69) is 29.1 Å². The summed E-state index contributed by atoms with van der Waals surface area (Å²) in [5, 5.41) is 3.25. The van der Waals surface area contributed by atoms with Crippen LogP contribution in [0.1, 0.15) is 50.5 Å². The highest BCUT2D eigenvalue weighted by Gasteiger charge is 2.58. The number of ether oxygens (including phenoxy) is 4. The number of rotatable bonds is 6. The second kappa shape index (κ2) is 10.9. The Labute approximate surface area is 223 Å². The Morgan fingerprint density at radius 2 is 2.03 bits per heavy atom. The molecule has 0 radical (unpaired) electrons. The van der Waals surface area contributed by atoms with Crippen molar-refractivity contribution < 1.29 is 28.5 Å². The molecule has 0 unspecified atom stereocenters. The highest BCUT2D eigenvalue weighted by atomic mass is 35.5. The standard InChI is InChI=1S/C28H35ClN2O6/c1-6-18-8-7-9-19(16-18)22-21(29)11-10-20-23(22)24(35-14-12-30-25(32)34-5)28(20)17-31(13-15-36-28)26(33)37-27(2,3)4/h7-11,16,24H,6,12-15,17H2,1-5H3,(H,30,32)/t24-,28-/m0/s1. The average molecular weight is 531 g/mol. The predicted molar refractivity (Wildman–Crippen MR) is 141 cm³/mol. The van der Waals surface area contributed by atoms with Crippen molar-refractivity contribution in [1.29, 1.82) is 0 Å². The van der Waals surface area contributed by atoms with Crippen LogP contribution in [0.25, 0.3) is 11.1 Å². The molecular weight excluding hydrogens is 496 g/mol. The molecule has 0 saturated carbocycles. The number of carbonyl (C=O) groups is 2. The van der Waals surface area contributed by atoms with Crippen LogP contribution in [0.15, 0.2) is 36.4 Å². The van der Waals surface area contributed by atoms with Crippen LogP contribution < -0.4 is 5.32 Å². The summed E-state index contributed by atoms with van der Waals surface area (Å²) < 4.78 is 23.1. The van der Waals surface area contributed by atoms with E-state index < -0.39 is 23.4 Å². The van der Waals surface area contributed by atoms with Gasteiger partial charge in [0.15, 0.2) is 0 Å². The SMILES string of the molecule is CCc1cccc(-c2c(Cl)ccc3c2[C@H](OCCNC(=O)OC)[C@]32CN(C(=O)OC(C)(C)C)CCO2)c1. The molecule has 1 saturated heterocycles. The highest BCUT2D eigenvalue weighted by Crippen LogP contribution is 2.59. The zero-order valence-electron chi connectivity index (χ0n) is 22.1. The number of hydrogen-bond donors (Lipinski definition) is 1. The van der Waals surface area contributed by atoms with Gasteiger partial charge in [-0.2, -0.15) is 0 Å². The van der Waals surface area contributed by atoms with Gasteiger partial charge in [-0.3, -0.25) is 0 Å². The molecule has 1 N–H and O–H groups in total. The molecule has 1 heterocycles. The van der Waals surface area contributed by atoms with E-state index in [0.717, 1.165) is 28.7 Å². The minimum absolute atomic E-state index is 0.220. The summed E-state index contributed by atoms with van der Waals surface area (Å²) >= 11 is 6.78. The predicted octanol–water partition coefficient (Wildman–Crippen LogP) is 5.46. The van der Waals surface area contributed by atoms with Crippen molar-refractivity contribution in [2.24, 2.45) is 0 Å². The Balaban J connectivity index is 1.71. The first-order valence-corrected chi connectivity index (χ1v) is 12.9. The molecule has 1 aliphatic heterocycles. The van der Waals surface area contributed by atoms with Crippen molar-refractivity contribution in [1.82, 2.24) is 10.2 Å². The number of methoxy groups -OCH3 is 1. The molecule has 8 nitrogen and oxygen atoms in total. The number of amides is 2. The lowest BCUT2D eigenvalue weighted by molar-refractivity contribution is -0.209. The Kier molecular flexibility index (Phi) is 8.02. The molecule has 2 amide bonds. The maximum Gasteiger partial charge on any atom is 0.410 e. The van der Waals surface area contributed by atoms with Gasteiger partial charge < -0.3 is 29.2 Å². The van der Waals surface area contributed by atoms with Crippen LogP contribution in [-0.4, -0.2) is 62.6 Å². The second-order valence-electron chi connectivity index (χ2n) is 10.2. The summed E-state index contributed by atoms with van der Waals surface area (Å²) in [7, 11) is 1.31. The maximum atomic E-state index is 13.0. The fourth-order valence-electron chi connectivity index (χ4n) is 4.94. The van der Waals surface area contributed by atoms with Gasteiger partial charge >= 0.3 is 12.2 Å². The molecule has 0 aromatic heterocycles. The fourth-order valence-corrected chi connectivity index (χ4v) is 5.21. The van der Waals surface area contributed by atoms with Crippen LogP contribution in [0.2, 0.25) is 5.02 Å². The molecule has 2 aliphatic rings. The number of carbonyl (C=O) groups excluding carboxylic acids is 2. The molecule has 9 heteroatoms. The van der Waals surface area contributed by atoms with E-state index in [0.29, 0.717) is 18.2 Å². The lowest BCUT2D eigenvalue weighted by atomic mass is 9.66. The van der Waals surface area contributed by atoms with E-state index in [4.69, 9.17) is 25.8 Å². The zero-order chi connectivity index (χ0) is 26.8. The number of morpholine rings is 1. The number of hydrogen-bond acceptors (Lipinski definition) is 6. The van der Waals surface area contributed by atoms with Gasteiger partial charge in [0.05, 0.1) is 26.9 Å². The number of alkyl carbamates (subject to hydrolysis) is 1. The lowest BCUT2D eigenvalue weighted by Gasteiger charge is -2.55. The van der Waals surface area contributed by atoms with Crippen molar-refractivity contribution in [3.05, 3.63) is 58.1 Å². The molecule has 4 rings (SSSR count). The number of fused-ring (bicyclic) bond motifs is 2. The quantitative estimate of drug-likeness (QED) is 0.499. The molecular formula is C28H35ClN2O6. The summed E-state index contributed by atoms with van der Waals surface area (Å²) in [6, 6.07) is 12.1. The van der Waals surface area contributed by atoms with Gasteiger partial charge in [0.25, 0.3) is 0 Å². The Morgan fingerprint density at radius 1 is 1.24 bits per heavy atom. The zero-order valence-corrected chi connectivity index (χ0v) is 22.8. The first-order valence-electron chi connectivity index (χ1n) is 12.6. The first kappa shape index (κ1) is 27.2.